The lowest BCUT2D eigenvalue weighted by atomic mass is 10.1. The standard InChI is InChI=1S/C31H32N2O2S/c1-22-11-14-25(15-12-22)20-33(21-26-8-6-9-27(34)19-26)31(36-28-10-5-7-23(2)17-28)32-29-18-24(3)13-16-30(29)35-4/h5-19,34H,20-21H2,1-4H3. The van der Waals surface area contributed by atoms with Gasteiger partial charge in [-0.15, -0.1) is 0 Å². The summed E-state index contributed by atoms with van der Waals surface area (Å²) in [5.74, 6) is 0.989. The fraction of sp³-hybridized carbons (Fsp3) is 0.194. The lowest BCUT2D eigenvalue weighted by molar-refractivity contribution is 0.409. The number of methoxy groups -OCH3 is 1. The van der Waals surface area contributed by atoms with E-state index in [1.807, 2.05) is 36.4 Å². The molecule has 5 heteroatoms. The van der Waals surface area contributed by atoms with Crippen molar-refractivity contribution in [3.63, 3.8) is 0 Å². The number of thioether (sulfide) groups is 1. The monoisotopic (exact) mass is 496 g/mol. The second kappa shape index (κ2) is 11.8. The van der Waals surface area contributed by atoms with Crippen molar-refractivity contribution in [1.29, 1.82) is 0 Å². The van der Waals surface area contributed by atoms with E-state index in [2.05, 4.69) is 74.2 Å². The molecule has 1 N–H and O–H groups in total. The summed E-state index contributed by atoms with van der Waals surface area (Å²) in [6, 6.07) is 30.5. The highest BCUT2D eigenvalue weighted by atomic mass is 32.2. The molecule has 0 aromatic heterocycles. The third-order valence-electron chi connectivity index (χ3n) is 5.80. The van der Waals surface area contributed by atoms with E-state index in [1.165, 1.54) is 16.7 Å². The van der Waals surface area contributed by atoms with E-state index >= 15 is 0 Å². The molecule has 0 saturated heterocycles. The van der Waals surface area contributed by atoms with Gasteiger partial charge in [0.15, 0.2) is 5.17 Å². The number of phenolic OH excluding ortho intramolecular Hbond substituents is 1. The molecule has 0 fully saturated rings. The van der Waals surface area contributed by atoms with E-state index in [9.17, 15) is 5.11 Å². The Balaban J connectivity index is 1.81. The van der Waals surface area contributed by atoms with Crippen molar-refractivity contribution in [2.45, 2.75) is 38.8 Å². The number of hydrogen-bond acceptors (Lipinski definition) is 4. The van der Waals surface area contributed by atoms with Crippen molar-refractivity contribution in [3.8, 4) is 11.5 Å². The molecule has 36 heavy (non-hydrogen) atoms. The van der Waals surface area contributed by atoms with Gasteiger partial charge in [0.05, 0.1) is 7.11 Å². The Kier molecular flexibility index (Phi) is 8.34. The van der Waals surface area contributed by atoms with Crippen LogP contribution in [0.25, 0.3) is 0 Å². The maximum Gasteiger partial charge on any atom is 0.170 e. The van der Waals surface area contributed by atoms with Crippen LogP contribution in [-0.4, -0.2) is 22.3 Å². The van der Waals surface area contributed by atoms with Gasteiger partial charge in [-0.2, -0.15) is 0 Å². The first-order valence-electron chi connectivity index (χ1n) is 12.0. The molecular weight excluding hydrogens is 464 g/mol. The van der Waals surface area contributed by atoms with E-state index in [0.29, 0.717) is 13.1 Å². The minimum Gasteiger partial charge on any atom is -0.508 e. The fourth-order valence-corrected chi connectivity index (χ4v) is 4.92. The predicted octanol–water partition coefficient (Wildman–Crippen LogP) is 7.81. The largest absolute Gasteiger partial charge is 0.508 e. The zero-order valence-corrected chi connectivity index (χ0v) is 22.0. The Hall–Kier alpha value is -3.70. The number of ether oxygens (including phenoxy) is 1. The SMILES string of the molecule is COc1ccc(C)cc1N=C(Sc1cccc(C)c1)N(Cc1ccc(C)cc1)Cc1cccc(O)c1. The van der Waals surface area contributed by atoms with Crippen LogP contribution in [-0.2, 0) is 13.1 Å². The summed E-state index contributed by atoms with van der Waals surface area (Å²) in [7, 11) is 1.67. The zero-order valence-electron chi connectivity index (χ0n) is 21.2. The van der Waals surface area contributed by atoms with E-state index in [0.717, 1.165) is 32.6 Å². The summed E-state index contributed by atoms with van der Waals surface area (Å²) in [4.78, 5) is 8.54. The molecule has 4 aromatic carbocycles. The fourth-order valence-electron chi connectivity index (χ4n) is 3.91. The van der Waals surface area contributed by atoms with E-state index in [-0.39, 0.29) is 5.75 Å². The molecule has 4 rings (SSSR count). The van der Waals surface area contributed by atoms with E-state index < -0.39 is 0 Å². The number of aliphatic imine (C=N–C) groups is 1. The lowest BCUT2D eigenvalue weighted by Gasteiger charge is -2.27. The number of benzene rings is 4. The second-order valence-electron chi connectivity index (χ2n) is 9.00. The molecule has 0 bridgehead atoms. The van der Waals surface area contributed by atoms with Gasteiger partial charge in [-0.25, -0.2) is 4.99 Å². The van der Waals surface area contributed by atoms with Gasteiger partial charge in [0.1, 0.15) is 17.2 Å². The minimum absolute atomic E-state index is 0.257. The van der Waals surface area contributed by atoms with E-state index in [1.54, 1.807) is 24.9 Å². The molecule has 0 aliphatic heterocycles. The van der Waals surface area contributed by atoms with Crippen LogP contribution >= 0.6 is 11.8 Å². The van der Waals surface area contributed by atoms with Gasteiger partial charge in [0.2, 0.25) is 0 Å². The smallest absolute Gasteiger partial charge is 0.170 e. The van der Waals surface area contributed by atoms with Gasteiger partial charge < -0.3 is 14.7 Å². The van der Waals surface area contributed by atoms with Crippen molar-refractivity contribution in [3.05, 3.63) is 119 Å². The number of hydrogen-bond donors (Lipinski definition) is 1. The molecular formula is C31H32N2O2S. The normalized spacial score (nSPS) is 11.4. The van der Waals surface area contributed by atoms with Gasteiger partial charge in [-0.3, -0.25) is 0 Å². The molecule has 0 unspecified atom stereocenters. The minimum atomic E-state index is 0.257. The average Bonchev–Trinajstić information content (AvgIpc) is 2.85. The summed E-state index contributed by atoms with van der Waals surface area (Å²) >= 11 is 1.63. The summed E-state index contributed by atoms with van der Waals surface area (Å²) in [6.45, 7) is 7.51. The molecule has 4 nitrogen and oxygen atoms in total. The Morgan fingerprint density at radius 2 is 1.47 bits per heavy atom. The zero-order chi connectivity index (χ0) is 25.5. The molecule has 0 atom stereocenters. The van der Waals surface area contributed by atoms with Crippen LogP contribution < -0.4 is 4.74 Å². The molecule has 0 saturated carbocycles. The highest BCUT2D eigenvalue weighted by Crippen LogP contribution is 2.33. The number of nitrogens with zero attached hydrogens (tertiary/aromatic N) is 2. The van der Waals surface area contributed by atoms with Crippen LogP contribution in [0.3, 0.4) is 0 Å². The van der Waals surface area contributed by atoms with Gasteiger partial charge in [0.25, 0.3) is 0 Å². The molecule has 0 heterocycles. The summed E-state index contributed by atoms with van der Waals surface area (Å²) in [5.41, 5.74) is 6.53. The Labute approximate surface area is 218 Å². The van der Waals surface area contributed by atoms with Gasteiger partial charge in [0, 0.05) is 18.0 Å². The molecule has 184 valence electrons. The van der Waals surface area contributed by atoms with Crippen LogP contribution in [0.1, 0.15) is 27.8 Å². The van der Waals surface area contributed by atoms with Crippen molar-refractivity contribution < 1.29 is 9.84 Å². The predicted molar refractivity (Wildman–Crippen MR) is 150 cm³/mol. The summed E-state index contributed by atoms with van der Waals surface area (Å²) < 4.78 is 5.65. The van der Waals surface area contributed by atoms with Gasteiger partial charge in [-0.05, 0) is 73.9 Å². The average molecular weight is 497 g/mol. The number of rotatable bonds is 7. The summed E-state index contributed by atoms with van der Waals surface area (Å²) in [5, 5.41) is 11.0. The maximum atomic E-state index is 10.1. The summed E-state index contributed by atoms with van der Waals surface area (Å²) in [6.07, 6.45) is 0. The number of phenols is 1. The molecule has 0 spiro atoms. The quantitative estimate of drug-likeness (QED) is 0.161. The van der Waals surface area contributed by atoms with Crippen molar-refractivity contribution in [2.24, 2.45) is 4.99 Å². The van der Waals surface area contributed by atoms with Crippen LogP contribution in [0.5, 0.6) is 11.5 Å². The third kappa shape index (κ3) is 6.92. The molecule has 0 aliphatic rings. The first-order chi connectivity index (χ1) is 17.4. The molecule has 0 radical (unpaired) electrons. The maximum absolute atomic E-state index is 10.1. The molecule has 0 aliphatic carbocycles. The van der Waals surface area contributed by atoms with Gasteiger partial charge in [-0.1, -0.05) is 77.5 Å². The molecule has 4 aromatic rings. The lowest BCUT2D eigenvalue weighted by Crippen LogP contribution is -2.28. The number of aryl methyl sites for hydroxylation is 3. The van der Waals surface area contributed by atoms with Crippen molar-refractivity contribution in [2.75, 3.05) is 7.11 Å². The number of amidine groups is 1. The molecule has 0 amide bonds. The number of aromatic hydroxyl groups is 1. The Morgan fingerprint density at radius 1 is 0.778 bits per heavy atom. The Morgan fingerprint density at radius 3 is 2.19 bits per heavy atom. The van der Waals surface area contributed by atoms with Crippen LogP contribution in [0.4, 0.5) is 5.69 Å². The van der Waals surface area contributed by atoms with Gasteiger partial charge >= 0.3 is 0 Å². The van der Waals surface area contributed by atoms with Crippen molar-refractivity contribution in [1.82, 2.24) is 4.90 Å². The van der Waals surface area contributed by atoms with E-state index in [4.69, 9.17) is 9.73 Å². The van der Waals surface area contributed by atoms with Crippen LogP contribution in [0.15, 0.2) is 101 Å². The highest BCUT2D eigenvalue weighted by Gasteiger charge is 2.17. The third-order valence-corrected chi connectivity index (χ3v) is 6.82. The first kappa shape index (κ1) is 25.4. The van der Waals surface area contributed by atoms with Crippen LogP contribution in [0.2, 0.25) is 0 Å². The highest BCUT2D eigenvalue weighted by molar-refractivity contribution is 8.13. The second-order valence-corrected chi connectivity index (χ2v) is 10.0. The van der Waals surface area contributed by atoms with Crippen LogP contribution in [0, 0.1) is 20.8 Å². The first-order valence-corrected chi connectivity index (χ1v) is 12.8. The topological polar surface area (TPSA) is 45.1 Å². The van der Waals surface area contributed by atoms with Crippen molar-refractivity contribution >= 4 is 22.6 Å². The Bertz CT molecular complexity index is 1350.